The van der Waals surface area contributed by atoms with E-state index in [-0.39, 0.29) is 5.28 Å². The van der Waals surface area contributed by atoms with Gasteiger partial charge in [-0.2, -0.15) is 0 Å². The first-order valence-electron chi connectivity index (χ1n) is 5.30. The van der Waals surface area contributed by atoms with Gasteiger partial charge >= 0.3 is 0 Å². The molecule has 0 amide bonds. The first-order valence-corrected chi connectivity index (χ1v) is 6.05. The Bertz CT molecular complexity index is 364. The van der Waals surface area contributed by atoms with Crippen LogP contribution in [-0.2, 0) is 6.54 Å². The molecule has 4 nitrogen and oxygen atoms in total. The van der Waals surface area contributed by atoms with E-state index in [1.165, 1.54) is 0 Å². The second kappa shape index (κ2) is 5.27. The van der Waals surface area contributed by atoms with Gasteiger partial charge in [0, 0.05) is 24.3 Å². The zero-order chi connectivity index (χ0) is 11.5. The Balaban J connectivity index is 1.98. The summed E-state index contributed by atoms with van der Waals surface area (Å²) >= 11 is 11.6. The zero-order valence-electron chi connectivity index (χ0n) is 8.87. The maximum atomic E-state index is 5.99. The smallest absolute Gasteiger partial charge is 0.223 e. The summed E-state index contributed by atoms with van der Waals surface area (Å²) in [5, 5.41) is 0.629. The van der Waals surface area contributed by atoms with Crippen LogP contribution in [0, 0.1) is 0 Å². The van der Waals surface area contributed by atoms with Crippen LogP contribution >= 0.6 is 23.2 Å². The van der Waals surface area contributed by atoms with Crippen molar-refractivity contribution >= 4 is 23.2 Å². The van der Waals surface area contributed by atoms with Crippen LogP contribution in [0.1, 0.15) is 18.4 Å². The first-order chi connectivity index (χ1) is 7.65. The van der Waals surface area contributed by atoms with Gasteiger partial charge in [-0.1, -0.05) is 11.6 Å². The van der Waals surface area contributed by atoms with Gasteiger partial charge in [-0.25, -0.2) is 9.97 Å². The number of halogens is 2. The van der Waals surface area contributed by atoms with Crippen molar-refractivity contribution in [1.29, 1.82) is 0 Å². The van der Waals surface area contributed by atoms with Crippen LogP contribution in [0.4, 0.5) is 0 Å². The Morgan fingerprint density at radius 3 is 2.69 bits per heavy atom. The summed E-state index contributed by atoms with van der Waals surface area (Å²) in [4.78, 5) is 10.2. The number of nitrogens with two attached hydrogens (primary N) is 1. The molecule has 0 aromatic carbocycles. The molecule has 1 aromatic heterocycles. The molecule has 88 valence electrons. The number of likely N-dealkylation sites (tertiary alicyclic amines) is 1. The molecule has 2 N–H and O–H groups in total. The molecule has 16 heavy (non-hydrogen) atoms. The molecule has 0 saturated carbocycles. The SMILES string of the molecule is NC1CCN(Cc2cnc(Cl)nc2Cl)CC1. The maximum Gasteiger partial charge on any atom is 0.223 e. The predicted molar refractivity (Wildman–Crippen MR) is 64.5 cm³/mol. The molecule has 1 aliphatic heterocycles. The highest BCUT2D eigenvalue weighted by molar-refractivity contribution is 6.32. The highest BCUT2D eigenvalue weighted by Gasteiger charge is 2.17. The number of nitrogens with zero attached hydrogens (tertiary/aromatic N) is 3. The molecule has 2 rings (SSSR count). The standard InChI is InChI=1S/C10H14Cl2N4/c11-9-7(5-14-10(12)15-9)6-16-3-1-8(13)2-4-16/h5,8H,1-4,6,13H2. The molecule has 1 aromatic rings. The van der Waals surface area contributed by atoms with Crippen LogP contribution in [-0.4, -0.2) is 34.0 Å². The highest BCUT2D eigenvalue weighted by Crippen LogP contribution is 2.18. The number of hydrogen-bond acceptors (Lipinski definition) is 4. The lowest BCUT2D eigenvalue weighted by atomic mass is 10.1. The summed E-state index contributed by atoms with van der Waals surface area (Å²) in [6.45, 7) is 2.77. The fourth-order valence-corrected chi connectivity index (χ4v) is 2.19. The van der Waals surface area contributed by atoms with Crippen molar-refractivity contribution in [2.75, 3.05) is 13.1 Å². The zero-order valence-corrected chi connectivity index (χ0v) is 10.4. The van der Waals surface area contributed by atoms with E-state index >= 15 is 0 Å². The van der Waals surface area contributed by atoms with Crippen molar-refractivity contribution in [3.8, 4) is 0 Å². The lowest BCUT2D eigenvalue weighted by molar-refractivity contribution is 0.205. The van der Waals surface area contributed by atoms with Crippen LogP contribution < -0.4 is 5.73 Å². The summed E-state index contributed by atoms with van der Waals surface area (Å²) in [6, 6.07) is 0.341. The molecule has 0 atom stereocenters. The molecular weight excluding hydrogens is 247 g/mol. The van der Waals surface area contributed by atoms with Gasteiger partial charge in [0.25, 0.3) is 0 Å². The minimum atomic E-state index is 0.189. The van der Waals surface area contributed by atoms with E-state index in [4.69, 9.17) is 28.9 Å². The molecule has 2 heterocycles. The summed E-state index contributed by atoms with van der Waals surface area (Å²) in [6.07, 6.45) is 3.75. The van der Waals surface area contributed by atoms with E-state index in [9.17, 15) is 0 Å². The van der Waals surface area contributed by atoms with Gasteiger partial charge in [0.1, 0.15) is 5.15 Å². The van der Waals surface area contributed by atoms with E-state index < -0.39 is 0 Å². The van der Waals surface area contributed by atoms with Crippen molar-refractivity contribution in [3.05, 3.63) is 22.2 Å². The van der Waals surface area contributed by atoms with Crippen molar-refractivity contribution in [3.63, 3.8) is 0 Å². The largest absolute Gasteiger partial charge is 0.328 e. The molecule has 6 heteroatoms. The third-order valence-electron chi connectivity index (χ3n) is 2.81. The number of piperidine rings is 1. The van der Waals surface area contributed by atoms with E-state index in [0.717, 1.165) is 38.0 Å². The minimum absolute atomic E-state index is 0.189. The molecule has 1 saturated heterocycles. The van der Waals surface area contributed by atoms with Crippen molar-refractivity contribution in [2.45, 2.75) is 25.4 Å². The fourth-order valence-electron chi connectivity index (χ4n) is 1.82. The van der Waals surface area contributed by atoms with E-state index in [0.29, 0.717) is 11.2 Å². The lowest BCUT2D eigenvalue weighted by Gasteiger charge is -2.29. The van der Waals surface area contributed by atoms with Crippen molar-refractivity contribution in [1.82, 2.24) is 14.9 Å². The quantitative estimate of drug-likeness (QED) is 0.650. The van der Waals surface area contributed by atoms with Gasteiger partial charge in [-0.15, -0.1) is 0 Å². The Hall–Kier alpha value is -0.420. The van der Waals surface area contributed by atoms with Crippen LogP contribution in [0.15, 0.2) is 6.20 Å². The number of aromatic nitrogens is 2. The number of rotatable bonds is 2. The Labute approximate surface area is 105 Å². The predicted octanol–water partition coefficient (Wildman–Crippen LogP) is 1.71. The maximum absolute atomic E-state index is 5.99. The third-order valence-corrected chi connectivity index (χ3v) is 3.32. The average molecular weight is 261 g/mol. The van der Waals surface area contributed by atoms with Crippen LogP contribution in [0.3, 0.4) is 0 Å². The Morgan fingerprint density at radius 1 is 1.38 bits per heavy atom. The average Bonchev–Trinajstić information content (AvgIpc) is 2.25. The molecule has 0 radical (unpaired) electrons. The van der Waals surface area contributed by atoms with Gasteiger partial charge in [-0.05, 0) is 37.5 Å². The van der Waals surface area contributed by atoms with Gasteiger partial charge in [0.2, 0.25) is 5.28 Å². The van der Waals surface area contributed by atoms with Crippen molar-refractivity contribution in [2.24, 2.45) is 5.73 Å². The molecule has 0 aliphatic carbocycles. The fraction of sp³-hybridized carbons (Fsp3) is 0.600. The molecule has 1 fully saturated rings. The highest BCUT2D eigenvalue weighted by atomic mass is 35.5. The van der Waals surface area contributed by atoms with Gasteiger partial charge in [0.15, 0.2) is 0 Å². The minimum Gasteiger partial charge on any atom is -0.328 e. The summed E-state index contributed by atoms with van der Waals surface area (Å²) in [5.74, 6) is 0. The van der Waals surface area contributed by atoms with Gasteiger partial charge in [0.05, 0.1) is 0 Å². The van der Waals surface area contributed by atoms with E-state index in [1.54, 1.807) is 6.20 Å². The van der Waals surface area contributed by atoms with E-state index in [2.05, 4.69) is 14.9 Å². The molecule has 1 aliphatic rings. The third kappa shape index (κ3) is 3.04. The van der Waals surface area contributed by atoms with Crippen LogP contribution in [0.2, 0.25) is 10.4 Å². The van der Waals surface area contributed by atoms with Crippen LogP contribution in [0.5, 0.6) is 0 Å². The van der Waals surface area contributed by atoms with Crippen LogP contribution in [0.25, 0.3) is 0 Å². The normalized spacial score (nSPS) is 18.9. The molecule has 0 spiro atoms. The van der Waals surface area contributed by atoms with Crippen molar-refractivity contribution < 1.29 is 0 Å². The van der Waals surface area contributed by atoms with Gasteiger partial charge < -0.3 is 5.73 Å². The summed E-state index contributed by atoms with van der Waals surface area (Å²) in [5.41, 5.74) is 6.76. The lowest BCUT2D eigenvalue weighted by Crippen LogP contribution is -2.39. The molecule has 0 bridgehead atoms. The van der Waals surface area contributed by atoms with E-state index in [1.807, 2.05) is 0 Å². The second-order valence-corrected chi connectivity index (χ2v) is 4.76. The monoisotopic (exact) mass is 260 g/mol. The topological polar surface area (TPSA) is 55.0 Å². The molecular formula is C10H14Cl2N4. The Morgan fingerprint density at radius 2 is 2.06 bits per heavy atom. The summed E-state index contributed by atoms with van der Waals surface area (Å²) < 4.78 is 0. The van der Waals surface area contributed by atoms with Gasteiger partial charge in [-0.3, -0.25) is 4.90 Å². The summed E-state index contributed by atoms with van der Waals surface area (Å²) in [7, 11) is 0. The number of hydrogen-bond donors (Lipinski definition) is 1. The first kappa shape index (κ1) is 12.0. The second-order valence-electron chi connectivity index (χ2n) is 4.07. The Kier molecular flexibility index (Phi) is 3.97. The molecule has 0 unspecified atom stereocenters.